The molecule has 0 unspecified atom stereocenters. The highest BCUT2D eigenvalue weighted by molar-refractivity contribution is 5.27. The molecule has 1 aromatic heterocycles. The molecule has 0 bridgehead atoms. The third kappa shape index (κ3) is 1.73. The van der Waals surface area contributed by atoms with Crippen LogP contribution in [0.5, 0.6) is 5.75 Å². The number of aromatic nitrogens is 2. The lowest BCUT2D eigenvalue weighted by molar-refractivity contribution is -0.0798. The fraction of sp³-hybridized carbons (Fsp3) is 0.375. The molecule has 1 aliphatic rings. The van der Waals surface area contributed by atoms with Crippen molar-refractivity contribution in [2.45, 2.75) is 6.10 Å². The number of nitriles is 1. The van der Waals surface area contributed by atoms with Gasteiger partial charge in [0.2, 0.25) is 0 Å². The minimum atomic E-state index is 0.0933. The Kier molecular flexibility index (Phi) is 2.06. The molecule has 0 amide bonds. The number of rotatable bonds is 2. The fourth-order valence-electron chi connectivity index (χ4n) is 0.943. The van der Waals surface area contributed by atoms with Gasteiger partial charge >= 0.3 is 0 Å². The van der Waals surface area contributed by atoms with E-state index >= 15 is 0 Å². The number of hydrogen-bond acceptors (Lipinski definition) is 5. The van der Waals surface area contributed by atoms with E-state index in [1.165, 1.54) is 6.20 Å². The molecule has 0 atom stereocenters. The molecular weight excluding hydrogens is 170 g/mol. The van der Waals surface area contributed by atoms with E-state index in [2.05, 4.69) is 10.2 Å². The van der Waals surface area contributed by atoms with Gasteiger partial charge in [-0.2, -0.15) is 10.4 Å². The molecular formula is C8H7N3O2. The van der Waals surface area contributed by atoms with Crippen molar-refractivity contribution in [3.63, 3.8) is 0 Å². The summed E-state index contributed by atoms with van der Waals surface area (Å²) in [7, 11) is 0. The maximum atomic E-state index is 8.53. The molecule has 0 saturated carbocycles. The quantitative estimate of drug-likeness (QED) is 0.642. The standard InChI is InChI=1S/C8H7N3O2/c9-2-6-1-7(3-10-11-6)13-8-4-12-5-8/h1,3,8H,4-5H2. The van der Waals surface area contributed by atoms with Crippen LogP contribution in [0.4, 0.5) is 0 Å². The van der Waals surface area contributed by atoms with E-state index < -0.39 is 0 Å². The van der Waals surface area contributed by atoms with Crippen molar-refractivity contribution < 1.29 is 9.47 Å². The summed E-state index contributed by atoms with van der Waals surface area (Å²) in [4.78, 5) is 0. The Morgan fingerprint density at radius 3 is 3.08 bits per heavy atom. The lowest BCUT2D eigenvalue weighted by atomic mass is 10.3. The SMILES string of the molecule is N#Cc1cc(OC2COC2)cnn1. The summed E-state index contributed by atoms with van der Waals surface area (Å²) in [5.41, 5.74) is 0.262. The van der Waals surface area contributed by atoms with Crippen molar-refractivity contribution in [1.82, 2.24) is 10.2 Å². The summed E-state index contributed by atoms with van der Waals surface area (Å²) >= 11 is 0. The molecule has 66 valence electrons. The zero-order valence-corrected chi connectivity index (χ0v) is 6.80. The lowest BCUT2D eigenvalue weighted by Gasteiger charge is -2.26. The molecule has 0 N–H and O–H groups in total. The van der Waals surface area contributed by atoms with Gasteiger partial charge in [0.1, 0.15) is 17.9 Å². The van der Waals surface area contributed by atoms with Crippen LogP contribution in [0, 0.1) is 11.3 Å². The second-order valence-electron chi connectivity index (χ2n) is 2.67. The molecule has 5 heteroatoms. The average Bonchev–Trinajstić information content (AvgIpc) is 2.12. The van der Waals surface area contributed by atoms with Gasteiger partial charge in [0.05, 0.1) is 19.4 Å². The Bertz CT molecular complexity index is 343. The van der Waals surface area contributed by atoms with Crippen LogP contribution in [0.15, 0.2) is 12.3 Å². The summed E-state index contributed by atoms with van der Waals surface area (Å²) in [6.45, 7) is 1.20. The van der Waals surface area contributed by atoms with Crippen LogP contribution in [0.1, 0.15) is 5.69 Å². The van der Waals surface area contributed by atoms with Crippen molar-refractivity contribution >= 4 is 0 Å². The first-order chi connectivity index (χ1) is 6.38. The second kappa shape index (κ2) is 3.37. The van der Waals surface area contributed by atoms with Crippen molar-refractivity contribution in [2.75, 3.05) is 13.2 Å². The third-order valence-corrected chi connectivity index (χ3v) is 1.65. The first-order valence-electron chi connectivity index (χ1n) is 3.86. The monoisotopic (exact) mass is 177 g/mol. The Labute approximate surface area is 74.9 Å². The minimum absolute atomic E-state index is 0.0933. The Hall–Kier alpha value is -1.67. The first-order valence-corrected chi connectivity index (χ1v) is 3.86. The molecule has 13 heavy (non-hydrogen) atoms. The van der Waals surface area contributed by atoms with E-state index in [0.717, 1.165) is 0 Å². The zero-order valence-electron chi connectivity index (χ0n) is 6.80. The predicted molar refractivity (Wildman–Crippen MR) is 42.0 cm³/mol. The highest BCUT2D eigenvalue weighted by Crippen LogP contribution is 2.14. The first kappa shape index (κ1) is 7.95. The molecule has 0 aliphatic carbocycles. The molecule has 5 nitrogen and oxygen atoms in total. The van der Waals surface area contributed by atoms with E-state index in [4.69, 9.17) is 14.7 Å². The second-order valence-corrected chi connectivity index (χ2v) is 2.67. The molecule has 0 radical (unpaired) electrons. The topological polar surface area (TPSA) is 68.0 Å². The fourth-order valence-corrected chi connectivity index (χ4v) is 0.943. The van der Waals surface area contributed by atoms with Crippen LogP contribution in [-0.4, -0.2) is 29.5 Å². The van der Waals surface area contributed by atoms with Gasteiger partial charge < -0.3 is 9.47 Å². The summed E-state index contributed by atoms with van der Waals surface area (Å²) in [5.74, 6) is 0.569. The van der Waals surface area contributed by atoms with Crippen molar-refractivity contribution in [2.24, 2.45) is 0 Å². The lowest BCUT2D eigenvalue weighted by Crippen LogP contribution is -2.38. The Balaban J connectivity index is 2.07. The molecule has 2 rings (SSSR count). The van der Waals surface area contributed by atoms with Crippen LogP contribution in [0.2, 0.25) is 0 Å². The maximum Gasteiger partial charge on any atom is 0.166 e. The molecule has 1 saturated heterocycles. The van der Waals surface area contributed by atoms with Crippen molar-refractivity contribution in [1.29, 1.82) is 5.26 Å². The molecule has 1 fully saturated rings. The van der Waals surface area contributed by atoms with Crippen LogP contribution >= 0.6 is 0 Å². The summed E-state index contributed by atoms with van der Waals surface area (Å²) in [6, 6.07) is 3.45. The van der Waals surface area contributed by atoms with Gasteiger partial charge in [0.15, 0.2) is 5.69 Å². The predicted octanol–water partition coefficient (Wildman–Crippen LogP) is 0.126. The molecule has 2 heterocycles. The Morgan fingerprint density at radius 1 is 1.62 bits per heavy atom. The molecule has 1 aromatic rings. The van der Waals surface area contributed by atoms with Crippen LogP contribution in [-0.2, 0) is 4.74 Å². The van der Waals surface area contributed by atoms with Gasteiger partial charge in [-0.05, 0) is 0 Å². The summed E-state index contributed by atoms with van der Waals surface area (Å²) < 4.78 is 10.4. The smallest absolute Gasteiger partial charge is 0.166 e. The minimum Gasteiger partial charge on any atom is -0.484 e. The summed E-state index contributed by atoms with van der Waals surface area (Å²) in [5, 5.41) is 15.7. The maximum absolute atomic E-state index is 8.53. The highest BCUT2D eigenvalue weighted by Gasteiger charge is 2.20. The third-order valence-electron chi connectivity index (χ3n) is 1.65. The van der Waals surface area contributed by atoms with Gasteiger partial charge in [-0.15, -0.1) is 5.10 Å². The normalized spacial score (nSPS) is 15.9. The van der Waals surface area contributed by atoms with Gasteiger partial charge in [-0.3, -0.25) is 0 Å². The Morgan fingerprint density at radius 2 is 2.46 bits per heavy atom. The van der Waals surface area contributed by atoms with E-state index in [-0.39, 0.29) is 11.8 Å². The number of hydrogen-bond donors (Lipinski definition) is 0. The van der Waals surface area contributed by atoms with Gasteiger partial charge in [-0.25, -0.2) is 0 Å². The highest BCUT2D eigenvalue weighted by atomic mass is 16.6. The van der Waals surface area contributed by atoms with Crippen molar-refractivity contribution in [3.05, 3.63) is 18.0 Å². The largest absolute Gasteiger partial charge is 0.484 e. The number of nitrogens with zero attached hydrogens (tertiary/aromatic N) is 3. The summed E-state index contributed by atoms with van der Waals surface area (Å²) in [6.07, 6.45) is 1.58. The average molecular weight is 177 g/mol. The number of ether oxygens (including phenoxy) is 2. The van der Waals surface area contributed by atoms with Gasteiger partial charge in [0, 0.05) is 6.07 Å². The van der Waals surface area contributed by atoms with Crippen LogP contribution < -0.4 is 4.74 Å². The van der Waals surface area contributed by atoms with Gasteiger partial charge in [-0.1, -0.05) is 0 Å². The van der Waals surface area contributed by atoms with E-state index in [1.807, 2.05) is 6.07 Å². The van der Waals surface area contributed by atoms with Gasteiger partial charge in [0.25, 0.3) is 0 Å². The van der Waals surface area contributed by atoms with Crippen LogP contribution in [0.3, 0.4) is 0 Å². The molecule has 0 aromatic carbocycles. The van der Waals surface area contributed by atoms with E-state index in [1.54, 1.807) is 6.07 Å². The molecule has 0 spiro atoms. The molecule has 1 aliphatic heterocycles. The zero-order chi connectivity index (χ0) is 9.10. The van der Waals surface area contributed by atoms with Crippen molar-refractivity contribution in [3.8, 4) is 11.8 Å². The van der Waals surface area contributed by atoms with E-state index in [0.29, 0.717) is 19.0 Å². The van der Waals surface area contributed by atoms with E-state index in [9.17, 15) is 0 Å². The van der Waals surface area contributed by atoms with Crippen LogP contribution in [0.25, 0.3) is 0 Å².